The molecule has 1 amide bonds. The van der Waals surface area contributed by atoms with Gasteiger partial charge in [0.25, 0.3) is 0 Å². The van der Waals surface area contributed by atoms with Gasteiger partial charge in [0.2, 0.25) is 5.91 Å². The lowest BCUT2D eigenvalue weighted by Gasteiger charge is -2.28. The van der Waals surface area contributed by atoms with Crippen LogP contribution >= 0.6 is 15.9 Å². The van der Waals surface area contributed by atoms with E-state index >= 15 is 0 Å². The van der Waals surface area contributed by atoms with Crippen molar-refractivity contribution in [3.8, 4) is 0 Å². The molecule has 1 aliphatic carbocycles. The fraction of sp³-hybridized carbons (Fsp3) is 0.900. The number of hydrogen-bond acceptors (Lipinski definition) is 1. The molecule has 0 saturated heterocycles. The van der Waals surface area contributed by atoms with Crippen molar-refractivity contribution in [2.75, 3.05) is 18.9 Å². The summed E-state index contributed by atoms with van der Waals surface area (Å²) in [6, 6.07) is 0. The summed E-state index contributed by atoms with van der Waals surface area (Å²) in [6.07, 6.45) is 4.56. The largest absolute Gasteiger partial charge is 0.344 e. The third-order valence-electron chi connectivity index (χ3n) is 2.99. The molecule has 0 N–H and O–H groups in total. The number of amides is 1. The van der Waals surface area contributed by atoms with Crippen LogP contribution in [0.3, 0.4) is 0 Å². The number of carbonyl (C=O) groups is 1. The van der Waals surface area contributed by atoms with Crippen LogP contribution in [0, 0.1) is 5.41 Å². The third kappa shape index (κ3) is 2.46. The molecule has 76 valence electrons. The summed E-state index contributed by atoms with van der Waals surface area (Å²) in [7, 11) is 1.90. The van der Waals surface area contributed by atoms with Crippen LogP contribution in [0.2, 0.25) is 0 Å². The molecular formula is C10H18BrNO. The molecule has 0 atom stereocenters. The first-order chi connectivity index (χ1) is 6.10. The molecular weight excluding hydrogens is 230 g/mol. The van der Waals surface area contributed by atoms with E-state index in [0.717, 1.165) is 24.7 Å². The van der Waals surface area contributed by atoms with Crippen LogP contribution in [0.25, 0.3) is 0 Å². The molecule has 1 fully saturated rings. The molecule has 0 bridgehead atoms. The van der Waals surface area contributed by atoms with Gasteiger partial charge in [-0.25, -0.2) is 0 Å². The molecule has 0 heterocycles. The second-order valence-corrected chi connectivity index (χ2v) is 4.98. The topological polar surface area (TPSA) is 20.3 Å². The fourth-order valence-electron chi connectivity index (χ4n) is 2.06. The van der Waals surface area contributed by atoms with Gasteiger partial charge in [-0.2, -0.15) is 0 Å². The Morgan fingerprint density at radius 2 is 2.00 bits per heavy atom. The van der Waals surface area contributed by atoms with Crippen molar-refractivity contribution in [1.82, 2.24) is 4.90 Å². The van der Waals surface area contributed by atoms with Crippen molar-refractivity contribution in [3.63, 3.8) is 0 Å². The second kappa shape index (κ2) is 4.45. The molecule has 0 spiro atoms. The summed E-state index contributed by atoms with van der Waals surface area (Å²) < 4.78 is 0. The minimum atomic E-state index is -0.0586. The van der Waals surface area contributed by atoms with Gasteiger partial charge in [-0.3, -0.25) is 4.79 Å². The Morgan fingerprint density at radius 1 is 1.46 bits per heavy atom. The van der Waals surface area contributed by atoms with Crippen LogP contribution in [-0.2, 0) is 4.79 Å². The van der Waals surface area contributed by atoms with Gasteiger partial charge in [-0.1, -0.05) is 35.7 Å². The van der Waals surface area contributed by atoms with Crippen LogP contribution in [0.5, 0.6) is 0 Å². The number of rotatable bonds is 3. The van der Waals surface area contributed by atoms with Crippen molar-refractivity contribution >= 4 is 21.8 Å². The van der Waals surface area contributed by atoms with E-state index in [1.54, 1.807) is 0 Å². The Kier molecular flexibility index (Phi) is 3.77. The maximum Gasteiger partial charge on any atom is 0.228 e. The molecule has 13 heavy (non-hydrogen) atoms. The summed E-state index contributed by atoms with van der Waals surface area (Å²) in [5.41, 5.74) is -0.0586. The molecule has 3 heteroatoms. The van der Waals surface area contributed by atoms with Gasteiger partial charge in [0.05, 0.1) is 0 Å². The van der Waals surface area contributed by atoms with E-state index < -0.39 is 0 Å². The zero-order chi connectivity index (χ0) is 9.90. The zero-order valence-corrected chi connectivity index (χ0v) is 10.1. The van der Waals surface area contributed by atoms with Crippen molar-refractivity contribution in [3.05, 3.63) is 0 Å². The van der Waals surface area contributed by atoms with Gasteiger partial charge < -0.3 is 4.90 Å². The number of alkyl halides is 1. The van der Waals surface area contributed by atoms with Crippen molar-refractivity contribution < 1.29 is 4.79 Å². The van der Waals surface area contributed by atoms with E-state index in [1.165, 1.54) is 12.8 Å². The molecule has 1 rings (SSSR count). The molecule has 0 aliphatic heterocycles. The smallest absolute Gasteiger partial charge is 0.228 e. The zero-order valence-electron chi connectivity index (χ0n) is 8.48. The van der Waals surface area contributed by atoms with Gasteiger partial charge in [0.15, 0.2) is 0 Å². The fourth-order valence-corrected chi connectivity index (χ4v) is 2.59. The molecule has 0 unspecified atom stereocenters. The van der Waals surface area contributed by atoms with E-state index in [1.807, 2.05) is 11.9 Å². The lowest BCUT2D eigenvalue weighted by molar-refractivity contribution is -0.139. The first-order valence-electron chi connectivity index (χ1n) is 4.92. The van der Waals surface area contributed by atoms with E-state index in [-0.39, 0.29) is 5.41 Å². The van der Waals surface area contributed by atoms with Crippen LogP contribution in [0.1, 0.15) is 32.6 Å². The Balaban J connectivity index is 2.54. The maximum absolute atomic E-state index is 12.0. The highest BCUT2D eigenvalue weighted by Crippen LogP contribution is 2.38. The number of halogens is 1. The number of carbonyl (C=O) groups excluding carboxylic acids is 1. The number of hydrogen-bond donors (Lipinski definition) is 0. The monoisotopic (exact) mass is 247 g/mol. The minimum Gasteiger partial charge on any atom is -0.344 e. The normalized spacial score (nSPS) is 20.2. The summed E-state index contributed by atoms with van der Waals surface area (Å²) >= 11 is 3.35. The Morgan fingerprint density at radius 3 is 2.46 bits per heavy atom. The molecule has 1 aliphatic rings. The van der Waals surface area contributed by atoms with Crippen LogP contribution in [-0.4, -0.2) is 29.7 Å². The molecule has 0 aromatic heterocycles. The predicted octanol–water partition coefficient (Wildman–Crippen LogP) is 2.42. The second-order valence-electron chi connectivity index (χ2n) is 4.18. The van der Waals surface area contributed by atoms with Gasteiger partial charge in [0.1, 0.15) is 0 Å². The lowest BCUT2D eigenvalue weighted by atomic mass is 9.87. The molecule has 0 radical (unpaired) electrons. The molecule has 0 aromatic rings. The lowest BCUT2D eigenvalue weighted by Crippen LogP contribution is -2.39. The highest BCUT2D eigenvalue weighted by molar-refractivity contribution is 9.09. The van der Waals surface area contributed by atoms with Gasteiger partial charge in [-0.15, -0.1) is 0 Å². The van der Waals surface area contributed by atoms with Crippen molar-refractivity contribution in [2.45, 2.75) is 32.6 Å². The van der Waals surface area contributed by atoms with E-state index in [9.17, 15) is 4.79 Å². The van der Waals surface area contributed by atoms with Crippen molar-refractivity contribution in [2.24, 2.45) is 5.41 Å². The Hall–Kier alpha value is -0.0500. The Labute approximate surface area is 88.8 Å². The van der Waals surface area contributed by atoms with E-state index in [0.29, 0.717) is 5.91 Å². The van der Waals surface area contributed by atoms with Crippen LogP contribution < -0.4 is 0 Å². The quantitative estimate of drug-likeness (QED) is 0.702. The first-order valence-corrected chi connectivity index (χ1v) is 6.04. The Bertz CT molecular complexity index is 187. The van der Waals surface area contributed by atoms with Crippen molar-refractivity contribution in [1.29, 1.82) is 0 Å². The van der Waals surface area contributed by atoms with Gasteiger partial charge in [0, 0.05) is 24.3 Å². The summed E-state index contributed by atoms with van der Waals surface area (Å²) in [5, 5.41) is 0.866. The first kappa shape index (κ1) is 11.0. The maximum atomic E-state index is 12.0. The summed E-state index contributed by atoms with van der Waals surface area (Å²) in [4.78, 5) is 13.8. The van der Waals surface area contributed by atoms with E-state index in [2.05, 4.69) is 22.9 Å². The highest BCUT2D eigenvalue weighted by Gasteiger charge is 2.37. The minimum absolute atomic E-state index is 0.0586. The molecule has 0 aromatic carbocycles. The number of nitrogens with zero attached hydrogens (tertiary/aromatic N) is 1. The van der Waals surface area contributed by atoms with Crippen LogP contribution in [0.4, 0.5) is 0 Å². The van der Waals surface area contributed by atoms with Gasteiger partial charge >= 0.3 is 0 Å². The van der Waals surface area contributed by atoms with Crippen LogP contribution in [0.15, 0.2) is 0 Å². The summed E-state index contributed by atoms with van der Waals surface area (Å²) in [5.74, 6) is 0.324. The van der Waals surface area contributed by atoms with Gasteiger partial charge in [-0.05, 0) is 12.8 Å². The average Bonchev–Trinajstić information content (AvgIpc) is 2.52. The SMILES string of the molecule is CN(CCBr)C(=O)C1(C)CCCC1. The standard InChI is InChI=1S/C10H18BrNO/c1-10(5-3-4-6-10)9(13)12(2)8-7-11/h3-8H2,1-2H3. The summed E-state index contributed by atoms with van der Waals surface area (Å²) in [6.45, 7) is 2.92. The molecule has 2 nitrogen and oxygen atoms in total. The highest BCUT2D eigenvalue weighted by atomic mass is 79.9. The molecule has 1 saturated carbocycles. The third-order valence-corrected chi connectivity index (χ3v) is 3.34. The van der Waals surface area contributed by atoms with E-state index in [4.69, 9.17) is 0 Å². The average molecular weight is 248 g/mol. The predicted molar refractivity (Wildman–Crippen MR) is 58.0 cm³/mol.